The Morgan fingerprint density at radius 3 is 1.85 bits per heavy atom. The molecule has 0 saturated carbocycles. The fourth-order valence-corrected chi connectivity index (χ4v) is 12.4. The van der Waals surface area contributed by atoms with Gasteiger partial charge in [0.15, 0.2) is 35.1 Å². The first kappa shape index (κ1) is 70.4. The number of rotatable bonds is 9. The van der Waals surface area contributed by atoms with E-state index < -0.39 is 201 Å². The Hall–Kier alpha value is -12.5. The molecule has 0 aromatic heterocycles. The number of alkyl carbamates (subject to hydrolysis) is 1. The van der Waals surface area contributed by atoms with Gasteiger partial charge in [0.1, 0.15) is 89.2 Å². The number of methoxy groups -OCH3 is 1. The Bertz CT molecular complexity index is 4790. The van der Waals surface area contributed by atoms with Crippen molar-refractivity contribution in [2.24, 2.45) is 0 Å². The van der Waals surface area contributed by atoms with Crippen LogP contribution in [0, 0.1) is 0 Å². The van der Waals surface area contributed by atoms with Crippen LogP contribution in [0.2, 0.25) is 10.0 Å². The van der Waals surface area contributed by atoms with Crippen LogP contribution in [0.5, 0.6) is 69.0 Å². The Morgan fingerprint density at radius 2 is 1.18 bits per heavy atom. The number of aliphatic hydroxyl groups excluding tert-OH is 2. The Kier molecular flexibility index (Phi) is 20.1. The van der Waals surface area contributed by atoms with Gasteiger partial charge in [0, 0.05) is 48.3 Å². The number of ether oxygens (including phenoxy) is 6. The molecule has 0 fully saturated rings. The molecular weight excluding hydrogens is 1390 g/mol. The van der Waals surface area contributed by atoms with Gasteiger partial charge in [0.05, 0.1) is 17.2 Å². The van der Waals surface area contributed by atoms with E-state index in [1.807, 2.05) is 0 Å². The molecule has 0 spiro atoms. The summed E-state index contributed by atoms with van der Waals surface area (Å²) in [6, 6.07) is 15.3. The van der Waals surface area contributed by atoms with Crippen LogP contribution >= 0.6 is 23.2 Å². The number of phenolic OH excluding ortho intramolecular Hbond substituents is 5. The summed E-state index contributed by atoms with van der Waals surface area (Å²) in [5.41, 5.74) is -1.86. The van der Waals surface area contributed by atoms with Crippen LogP contribution < -0.4 is 56.2 Å². The molecule has 30 nitrogen and oxygen atoms in total. The number of carboxylic acid groups (broad SMARTS) is 1. The minimum absolute atomic E-state index is 0.0447. The molecule has 14 rings (SSSR count). The number of benzene rings is 8. The first-order valence-corrected chi connectivity index (χ1v) is 32.0. The Morgan fingerprint density at radius 1 is 0.573 bits per heavy atom. The van der Waals surface area contributed by atoms with Crippen molar-refractivity contribution in [3.05, 3.63) is 200 Å². The second kappa shape index (κ2) is 29.4. The van der Waals surface area contributed by atoms with E-state index in [-0.39, 0.29) is 62.4 Å². The van der Waals surface area contributed by atoms with Crippen LogP contribution in [-0.4, -0.2) is 126 Å². The molecule has 6 heterocycles. The van der Waals surface area contributed by atoms with Gasteiger partial charge in [-0.3, -0.25) is 28.8 Å². The maximum Gasteiger partial charge on any atom is 0.408 e. The summed E-state index contributed by atoms with van der Waals surface area (Å²) in [5, 5.41) is 107. The highest BCUT2D eigenvalue weighted by molar-refractivity contribution is 6.32. The van der Waals surface area contributed by atoms with Crippen molar-refractivity contribution in [1.29, 1.82) is 0 Å². The summed E-state index contributed by atoms with van der Waals surface area (Å²) in [6.07, 6.45) is -6.33. The SMILES string of the molecule is COC(=O)[C@H]1NC(=O)[C@H]2NC(=O)[C@H](NC(=O)[C@@H]3NC(=O)[C@H]4NC(=O)[C@@H](Cc5ccc(c(Cl)c5)Oc5cc3cc(c5OC(CCO)C(=O)O)Oc3ccc(cc3Cl)[C@H]2O)NC(=O)[C@@H](NC(=O)OCc2ccccc2)c2ccc(O)c(c2)Oc2cc(O)cc4c2)c2ccc(O)c(c2)-c2c(O)cc(O)cc21. The lowest BCUT2D eigenvalue weighted by Gasteiger charge is -2.31. The smallest absolute Gasteiger partial charge is 0.408 e. The van der Waals surface area contributed by atoms with E-state index >= 15 is 24.0 Å². The summed E-state index contributed by atoms with van der Waals surface area (Å²) in [6.45, 7) is -1.03. The highest BCUT2D eigenvalue weighted by Crippen LogP contribution is 2.49. The van der Waals surface area contributed by atoms with Gasteiger partial charge in [-0.1, -0.05) is 77.8 Å². The lowest BCUT2D eigenvalue weighted by molar-refractivity contribution is -0.146. The Labute approximate surface area is 591 Å². The summed E-state index contributed by atoms with van der Waals surface area (Å²) in [5.74, 6) is -17.0. The van der Waals surface area contributed by atoms with Gasteiger partial charge in [0.2, 0.25) is 41.2 Å². The monoisotopic (exact) mass is 1450 g/mol. The summed E-state index contributed by atoms with van der Waals surface area (Å²) < 4.78 is 35.8. The standard InChI is InChI=1S/C71H59Cl2N7O23/c1-98-70(96)59-41-27-38(83)28-47(86)54(41)40-21-32(8-11-45(40)84)55-65(90)79-60(68(93)78-59)61(87)34-10-14-49(43(73)22-34)102-53-25-36-24-52(62(53)103-50(15-16-81)69(94)95)101-48-13-7-31(17-42(48)72)18-44-63(88)75-57(66(91)77-58(36)67(92)76-55)35-19-37(82)26-39(20-35)100-51-23-33(9-12-46(51)85)56(64(89)74-44)80-71(97)99-29-30-5-3-2-4-6-30/h2-14,17,19-28,44,50,55-61,81-87H,15-16,18,29H2,1H3,(H,74,89)(H,75,88)(H,76,92)(H,77,91)(H,78,93)(H,79,90)(H,80,97)(H,94,95)/t44-,50?,55-,56+,57+,58-,59+,60+,61-/m1/s1. The molecule has 0 radical (unpaired) electrons. The van der Waals surface area contributed by atoms with E-state index in [0.29, 0.717) is 5.56 Å². The molecule has 0 saturated heterocycles. The molecule has 530 valence electrons. The minimum atomic E-state index is -2.32. The number of amides is 7. The second-order valence-electron chi connectivity index (χ2n) is 23.9. The first-order valence-electron chi connectivity index (χ1n) is 31.2. The number of aromatic hydroxyl groups is 5. The van der Waals surface area contributed by atoms with Gasteiger partial charge in [-0.15, -0.1) is 0 Å². The number of nitrogens with one attached hydrogen (secondary N) is 7. The van der Waals surface area contributed by atoms with Crippen LogP contribution in [0.1, 0.15) is 87.2 Å². The van der Waals surface area contributed by atoms with Gasteiger partial charge in [-0.05, 0) is 118 Å². The molecule has 6 aliphatic heterocycles. The van der Waals surface area contributed by atoms with Crippen molar-refractivity contribution in [3.63, 3.8) is 0 Å². The molecule has 8 aromatic rings. The molecule has 8 aromatic carbocycles. The highest BCUT2D eigenvalue weighted by atomic mass is 35.5. The number of carbonyl (C=O) groups excluding carboxylic acids is 8. The van der Waals surface area contributed by atoms with Gasteiger partial charge in [-0.25, -0.2) is 14.4 Å². The van der Waals surface area contributed by atoms with E-state index in [2.05, 4.69) is 37.2 Å². The van der Waals surface area contributed by atoms with Gasteiger partial charge in [0.25, 0.3) is 0 Å². The van der Waals surface area contributed by atoms with Gasteiger partial charge < -0.3 is 106 Å². The normalized spacial score (nSPS) is 20.3. The Balaban J connectivity index is 1.08. The fourth-order valence-electron chi connectivity index (χ4n) is 11.9. The first-order chi connectivity index (χ1) is 49.3. The highest BCUT2D eigenvalue weighted by Gasteiger charge is 2.42. The topological polar surface area (TPSA) is 455 Å². The molecule has 15 N–H and O–H groups in total. The van der Waals surface area contributed by atoms with E-state index in [1.165, 1.54) is 36.4 Å². The number of aliphatic carboxylic acids is 1. The summed E-state index contributed by atoms with van der Waals surface area (Å²) in [7, 11) is 0.941. The van der Waals surface area contributed by atoms with Crippen LogP contribution in [0.15, 0.2) is 146 Å². The van der Waals surface area contributed by atoms with Crippen molar-refractivity contribution in [2.75, 3.05) is 13.7 Å². The number of phenols is 5. The second-order valence-corrected chi connectivity index (χ2v) is 24.7. The lowest BCUT2D eigenvalue weighted by atomic mass is 9.89. The third kappa shape index (κ3) is 15.0. The van der Waals surface area contributed by atoms with Gasteiger partial charge >= 0.3 is 18.0 Å². The van der Waals surface area contributed by atoms with Gasteiger partial charge in [-0.2, -0.15) is 0 Å². The molecule has 1 unspecified atom stereocenters. The third-order valence-electron chi connectivity index (χ3n) is 17.0. The lowest BCUT2D eigenvalue weighted by Crippen LogP contribution is -2.55. The van der Waals surface area contributed by atoms with Crippen molar-refractivity contribution >= 4 is 76.7 Å². The molecule has 9 atom stereocenters. The molecule has 7 amide bonds. The number of halogens is 2. The fraction of sp³-hybridized carbons (Fsp3) is 0.197. The zero-order chi connectivity index (χ0) is 73.2. The summed E-state index contributed by atoms with van der Waals surface area (Å²) in [4.78, 5) is 134. The average molecular weight is 1450 g/mol. The molecular formula is C71H59Cl2N7O23. The van der Waals surface area contributed by atoms with E-state index in [4.69, 9.17) is 51.6 Å². The van der Waals surface area contributed by atoms with E-state index in [0.717, 1.165) is 86.0 Å². The van der Waals surface area contributed by atoms with Crippen molar-refractivity contribution in [3.8, 4) is 80.1 Å². The number of carboxylic acids is 1. The minimum Gasteiger partial charge on any atom is -0.508 e. The van der Waals surface area contributed by atoms with Crippen LogP contribution in [-0.2, 0) is 60.9 Å². The maximum absolute atomic E-state index is 16.2. The average Bonchev–Trinajstić information content (AvgIpc) is 0.769. The largest absolute Gasteiger partial charge is 0.508 e. The molecule has 17 bridgehead atoms. The molecule has 0 aliphatic carbocycles. The number of aliphatic hydroxyl groups is 2. The van der Waals surface area contributed by atoms with Crippen LogP contribution in [0.25, 0.3) is 11.1 Å². The maximum atomic E-state index is 16.2. The van der Waals surface area contributed by atoms with E-state index in [1.54, 1.807) is 30.3 Å². The third-order valence-corrected chi connectivity index (χ3v) is 17.6. The molecule has 6 aliphatic rings. The number of carbonyl (C=O) groups is 9. The summed E-state index contributed by atoms with van der Waals surface area (Å²) >= 11 is 14.1. The van der Waals surface area contributed by atoms with Crippen molar-refractivity contribution in [1.82, 2.24) is 37.2 Å². The zero-order valence-electron chi connectivity index (χ0n) is 53.3. The molecule has 32 heteroatoms. The number of hydrogen-bond donors (Lipinski definition) is 15. The predicted octanol–water partition coefficient (Wildman–Crippen LogP) is 6.55. The quantitative estimate of drug-likeness (QED) is 0.0681. The van der Waals surface area contributed by atoms with Crippen LogP contribution in [0.4, 0.5) is 4.79 Å². The number of fused-ring (bicyclic) bond motifs is 14. The molecule has 103 heavy (non-hydrogen) atoms. The van der Waals surface area contributed by atoms with Crippen LogP contribution in [0.3, 0.4) is 0 Å². The zero-order valence-corrected chi connectivity index (χ0v) is 54.9. The van der Waals surface area contributed by atoms with E-state index in [9.17, 15) is 60.0 Å². The predicted molar refractivity (Wildman–Crippen MR) is 357 cm³/mol. The number of esters is 1. The van der Waals surface area contributed by atoms with Crippen molar-refractivity contribution in [2.45, 2.75) is 73.9 Å². The van der Waals surface area contributed by atoms with Crippen molar-refractivity contribution < 1.29 is 112 Å². The number of hydrogen-bond acceptors (Lipinski definition) is 22.